The van der Waals surface area contributed by atoms with Gasteiger partial charge < -0.3 is 49.9 Å². The summed E-state index contributed by atoms with van der Waals surface area (Å²) >= 11 is 3.93. The fourth-order valence-electron chi connectivity index (χ4n) is 3.56. The Morgan fingerprint density at radius 3 is 2.50 bits per heavy atom. The third kappa shape index (κ3) is 6.95. The van der Waals surface area contributed by atoms with Crippen LogP contribution in [0.15, 0.2) is 24.2 Å². The standard InChI is InChI=1S/C17H28N2O14P2S/c1-7-4-19(8(2)18-16(7)24)12-3-9(21)11(30-12)6-29-34(25,26)33-35(27,28)32-17-14(23)15(36)13(22)10(5-20)31-17/h4,9-15,17,20-23,36H,2-3,5-6H2,1H3,(H,18,24)(H,25,26)(H,27,28)/t9-,10?,11-,12-,13+,14?,15+,17+/m1/s1. The summed E-state index contributed by atoms with van der Waals surface area (Å²) in [4.78, 5) is 32.9. The van der Waals surface area contributed by atoms with Crippen molar-refractivity contribution in [2.75, 3.05) is 13.2 Å². The van der Waals surface area contributed by atoms with E-state index in [1.165, 1.54) is 11.1 Å². The highest BCUT2D eigenvalue weighted by atomic mass is 32.1. The number of thiol groups is 1. The number of phosphoric ester groups is 2. The largest absolute Gasteiger partial charge is 0.483 e. The third-order valence-electron chi connectivity index (χ3n) is 5.47. The first-order valence-corrected chi connectivity index (χ1v) is 14.0. The molecular formula is C17H28N2O14P2S. The molecular weight excluding hydrogens is 550 g/mol. The van der Waals surface area contributed by atoms with Crippen molar-refractivity contribution in [2.24, 2.45) is 0 Å². The van der Waals surface area contributed by atoms with Crippen molar-refractivity contribution in [3.05, 3.63) is 24.2 Å². The first kappa shape index (κ1) is 29.7. The molecule has 0 aromatic heterocycles. The van der Waals surface area contributed by atoms with Crippen molar-refractivity contribution < 1.29 is 67.0 Å². The summed E-state index contributed by atoms with van der Waals surface area (Å²) in [5.74, 6) is -0.173. The maximum atomic E-state index is 12.3. The average molecular weight is 578 g/mol. The Morgan fingerprint density at radius 1 is 1.19 bits per heavy atom. The van der Waals surface area contributed by atoms with E-state index in [2.05, 4.69) is 37.9 Å². The van der Waals surface area contributed by atoms with Crippen LogP contribution in [0, 0.1) is 0 Å². The van der Waals surface area contributed by atoms with Gasteiger partial charge in [-0.3, -0.25) is 13.8 Å². The number of aliphatic hydroxyl groups is 4. The summed E-state index contributed by atoms with van der Waals surface area (Å²) in [6, 6.07) is 0. The average Bonchev–Trinajstić information content (AvgIpc) is 3.14. The predicted molar refractivity (Wildman–Crippen MR) is 120 cm³/mol. The maximum Gasteiger partial charge on any atom is 0.483 e. The Hall–Kier alpha value is -0.880. The number of amides is 1. The fourth-order valence-corrected chi connectivity index (χ4v) is 6.05. The van der Waals surface area contributed by atoms with Gasteiger partial charge in [0.2, 0.25) is 0 Å². The molecule has 10 atom stereocenters. The molecule has 19 heteroatoms. The number of carbonyl (C=O) groups excluding carboxylic acids is 1. The lowest BCUT2D eigenvalue weighted by atomic mass is 10.0. The van der Waals surface area contributed by atoms with Crippen LogP contribution in [0.2, 0.25) is 0 Å². The number of rotatable bonds is 9. The van der Waals surface area contributed by atoms with Crippen molar-refractivity contribution in [1.82, 2.24) is 10.2 Å². The van der Waals surface area contributed by atoms with Gasteiger partial charge in [0, 0.05) is 18.2 Å². The van der Waals surface area contributed by atoms with Crippen molar-refractivity contribution in [3.63, 3.8) is 0 Å². The molecule has 0 aliphatic carbocycles. The molecule has 36 heavy (non-hydrogen) atoms. The van der Waals surface area contributed by atoms with Crippen LogP contribution in [0.3, 0.4) is 0 Å². The quantitative estimate of drug-likeness (QED) is 0.112. The molecule has 1 amide bonds. The molecule has 0 aromatic carbocycles. The predicted octanol–water partition coefficient (Wildman–Crippen LogP) is -1.74. The molecule has 2 saturated heterocycles. The lowest BCUT2D eigenvalue weighted by molar-refractivity contribution is -0.241. The Labute approximate surface area is 210 Å². The Morgan fingerprint density at radius 2 is 1.86 bits per heavy atom. The zero-order chi connectivity index (χ0) is 27.0. The molecule has 206 valence electrons. The Kier molecular flexibility index (Phi) is 9.46. The second-order valence-electron chi connectivity index (χ2n) is 8.17. The molecule has 0 aromatic rings. The molecule has 7 N–H and O–H groups in total. The minimum absolute atomic E-state index is 0.00453. The van der Waals surface area contributed by atoms with E-state index in [1.54, 1.807) is 6.92 Å². The maximum absolute atomic E-state index is 12.3. The number of hydrogen-bond acceptors (Lipinski definition) is 14. The fraction of sp³-hybridized carbons (Fsp3) is 0.706. The van der Waals surface area contributed by atoms with Gasteiger partial charge in [0.15, 0.2) is 6.29 Å². The van der Waals surface area contributed by atoms with Crippen LogP contribution in [-0.2, 0) is 36.8 Å². The number of ether oxygens (including phenoxy) is 2. The van der Waals surface area contributed by atoms with E-state index in [0.717, 1.165) is 0 Å². The van der Waals surface area contributed by atoms with Crippen molar-refractivity contribution in [1.29, 1.82) is 0 Å². The number of carbonyl (C=O) groups is 1. The molecule has 16 nitrogen and oxygen atoms in total. The Bertz CT molecular complexity index is 981. The van der Waals surface area contributed by atoms with E-state index in [9.17, 15) is 44.1 Å². The second-order valence-corrected chi connectivity index (χ2v) is 11.8. The SMILES string of the molecule is C=C1NC(=O)C(C)=CN1[C@H]1C[C@@H](O)[C@@H](COP(=O)(O)OP(=O)(O)O[C@@H]2OC(CO)[C@H](O)[C@H](S)C2O)O1. The molecule has 3 aliphatic rings. The van der Waals surface area contributed by atoms with Gasteiger partial charge in [-0.1, -0.05) is 6.58 Å². The van der Waals surface area contributed by atoms with Crippen LogP contribution in [0.4, 0.5) is 0 Å². The second kappa shape index (κ2) is 11.5. The smallest absolute Gasteiger partial charge is 0.394 e. The lowest BCUT2D eigenvalue weighted by Crippen LogP contribution is -2.56. The topological polar surface area (TPSA) is 234 Å². The van der Waals surface area contributed by atoms with Crippen molar-refractivity contribution in [3.8, 4) is 0 Å². The van der Waals surface area contributed by atoms with E-state index >= 15 is 0 Å². The van der Waals surface area contributed by atoms with Crippen LogP contribution < -0.4 is 5.32 Å². The van der Waals surface area contributed by atoms with E-state index in [1.807, 2.05) is 0 Å². The minimum atomic E-state index is -5.43. The lowest BCUT2D eigenvalue weighted by Gasteiger charge is -2.40. The number of nitrogens with one attached hydrogen (secondary N) is 1. The van der Waals surface area contributed by atoms with Crippen LogP contribution in [0.5, 0.6) is 0 Å². The number of phosphoric acid groups is 2. The van der Waals surface area contributed by atoms with Crippen LogP contribution in [-0.4, -0.2) is 103 Å². The highest BCUT2D eigenvalue weighted by Gasteiger charge is 2.48. The zero-order valence-electron chi connectivity index (χ0n) is 18.8. The number of nitrogens with zero attached hydrogens (tertiary/aromatic N) is 1. The van der Waals surface area contributed by atoms with Crippen LogP contribution >= 0.6 is 28.3 Å². The molecule has 3 rings (SSSR count). The molecule has 2 fully saturated rings. The van der Waals surface area contributed by atoms with Crippen LogP contribution in [0.1, 0.15) is 13.3 Å². The van der Waals surface area contributed by atoms with E-state index < -0.39 is 77.1 Å². The molecule has 0 saturated carbocycles. The highest BCUT2D eigenvalue weighted by molar-refractivity contribution is 7.81. The zero-order valence-corrected chi connectivity index (χ0v) is 21.4. The normalized spacial score (nSPS) is 38.8. The van der Waals surface area contributed by atoms with Crippen LogP contribution in [0.25, 0.3) is 0 Å². The summed E-state index contributed by atoms with van der Waals surface area (Å²) in [5.41, 5.74) is 0.350. The van der Waals surface area contributed by atoms with E-state index in [0.29, 0.717) is 5.57 Å². The van der Waals surface area contributed by atoms with Gasteiger partial charge in [-0.2, -0.15) is 16.9 Å². The molecule has 4 unspecified atom stereocenters. The summed E-state index contributed by atoms with van der Waals surface area (Å²) in [6.07, 6.45) is -8.22. The van der Waals surface area contributed by atoms with Gasteiger partial charge in [0.25, 0.3) is 5.91 Å². The van der Waals surface area contributed by atoms with Gasteiger partial charge in [0.1, 0.15) is 30.4 Å². The number of aliphatic hydroxyl groups excluding tert-OH is 4. The molecule has 0 bridgehead atoms. The van der Waals surface area contributed by atoms with Gasteiger partial charge >= 0.3 is 15.6 Å². The first-order valence-electron chi connectivity index (χ1n) is 10.4. The van der Waals surface area contributed by atoms with E-state index in [4.69, 9.17) is 9.47 Å². The third-order valence-corrected chi connectivity index (χ3v) is 8.68. The van der Waals surface area contributed by atoms with E-state index in [-0.39, 0.29) is 18.1 Å². The molecule has 3 heterocycles. The summed E-state index contributed by atoms with van der Waals surface area (Å²) in [6.45, 7) is 3.74. The number of hydrogen-bond donors (Lipinski definition) is 8. The van der Waals surface area contributed by atoms with Gasteiger partial charge in [-0.25, -0.2) is 9.13 Å². The van der Waals surface area contributed by atoms with Gasteiger partial charge in [-0.15, -0.1) is 0 Å². The summed E-state index contributed by atoms with van der Waals surface area (Å²) in [5, 5.41) is 40.6. The summed E-state index contributed by atoms with van der Waals surface area (Å²) < 4.78 is 48.6. The highest BCUT2D eigenvalue weighted by Crippen LogP contribution is 2.61. The molecule has 0 spiro atoms. The van der Waals surface area contributed by atoms with Crippen molar-refractivity contribution >= 4 is 34.2 Å². The minimum Gasteiger partial charge on any atom is -0.394 e. The molecule has 0 radical (unpaired) electrons. The van der Waals surface area contributed by atoms with Gasteiger partial charge in [-0.05, 0) is 6.92 Å². The monoisotopic (exact) mass is 578 g/mol. The summed E-state index contributed by atoms with van der Waals surface area (Å²) in [7, 11) is -10.7. The van der Waals surface area contributed by atoms with Crippen molar-refractivity contribution in [2.45, 2.75) is 61.6 Å². The first-order chi connectivity index (χ1) is 16.6. The Balaban J connectivity index is 1.56. The van der Waals surface area contributed by atoms with Gasteiger partial charge in [0.05, 0.1) is 30.7 Å². The molecule has 3 aliphatic heterocycles.